The molecule has 1 saturated heterocycles. The number of carbonyl (C=O) groups is 2. The molecule has 1 aliphatic rings. The van der Waals surface area contributed by atoms with Crippen LogP contribution in [0.5, 0.6) is 0 Å². The molecule has 0 aromatic heterocycles. The van der Waals surface area contributed by atoms with Crippen molar-refractivity contribution in [1.82, 2.24) is 9.21 Å². The average Bonchev–Trinajstić information content (AvgIpc) is 2.88. The topological polar surface area (TPSA) is 145 Å². The number of anilines is 1. The number of rotatable bonds is 9. The van der Waals surface area contributed by atoms with Crippen molar-refractivity contribution in [2.45, 2.75) is 24.2 Å². The summed E-state index contributed by atoms with van der Waals surface area (Å²) in [6, 6.07) is 16.1. The van der Waals surface area contributed by atoms with E-state index in [-0.39, 0.29) is 68.7 Å². The Bertz CT molecular complexity index is 1220. The van der Waals surface area contributed by atoms with E-state index in [2.05, 4.69) is 0 Å². The van der Waals surface area contributed by atoms with E-state index in [0.717, 1.165) is 10.4 Å². The molecule has 1 aliphatic heterocycles. The predicted molar refractivity (Wildman–Crippen MR) is 127 cm³/mol. The van der Waals surface area contributed by atoms with Gasteiger partial charge in [-0.15, -0.1) is 0 Å². The lowest BCUT2D eigenvalue weighted by Crippen LogP contribution is -2.50. The number of hydrogen-bond acceptors (Lipinski definition) is 7. The lowest BCUT2D eigenvalue weighted by atomic mass is 10.2. The van der Waals surface area contributed by atoms with E-state index in [0.29, 0.717) is 5.69 Å². The van der Waals surface area contributed by atoms with E-state index < -0.39 is 20.6 Å². The Kier molecular flexibility index (Phi) is 8.51. The first kappa shape index (κ1) is 25.8. The molecule has 11 nitrogen and oxygen atoms in total. The SMILES string of the molecule is N#CCCN(C(=O)CCC(=O)N1CCN(S(=O)(=O)c2ccccc2[N+](=O)[O-])CC1)c1ccccc1. The smallest absolute Gasteiger partial charge is 0.289 e. The van der Waals surface area contributed by atoms with Crippen LogP contribution in [-0.2, 0) is 19.6 Å². The molecule has 0 atom stereocenters. The summed E-state index contributed by atoms with van der Waals surface area (Å²) in [4.78, 5) is 38.5. The maximum atomic E-state index is 12.9. The first-order valence-corrected chi connectivity index (χ1v) is 12.4. The van der Waals surface area contributed by atoms with Gasteiger partial charge in [0.2, 0.25) is 21.8 Å². The largest absolute Gasteiger partial charge is 0.340 e. The van der Waals surface area contributed by atoms with Gasteiger partial charge >= 0.3 is 0 Å². The molecule has 0 spiro atoms. The van der Waals surface area contributed by atoms with Crippen molar-refractivity contribution in [3.8, 4) is 6.07 Å². The molecule has 0 saturated carbocycles. The third kappa shape index (κ3) is 6.20. The number of benzene rings is 2. The summed E-state index contributed by atoms with van der Waals surface area (Å²) in [7, 11) is -4.10. The van der Waals surface area contributed by atoms with Gasteiger partial charge < -0.3 is 9.80 Å². The maximum Gasteiger partial charge on any atom is 0.289 e. The second-order valence-electron chi connectivity index (χ2n) is 7.80. The van der Waals surface area contributed by atoms with Crippen molar-refractivity contribution < 1.29 is 22.9 Å². The van der Waals surface area contributed by atoms with E-state index in [1.54, 1.807) is 24.3 Å². The number of piperazine rings is 1. The second-order valence-corrected chi connectivity index (χ2v) is 9.71. The summed E-state index contributed by atoms with van der Waals surface area (Å²) in [5, 5.41) is 20.1. The highest BCUT2D eigenvalue weighted by atomic mass is 32.2. The molecule has 0 bridgehead atoms. The average molecular weight is 500 g/mol. The normalized spacial score (nSPS) is 14.2. The van der Waals surface area contributed by atoms with Crippen LogP contribution < -0.4 is 4.90 Å². The molecule has 35 heavy (non-hydrogen) atoms. The molecule has 0 radical (unpaired) electrons. The summed E-state index contributed by atoms with van der Waals surface area (Å²) < 4.78 is 27.0. The van der Waals surface area contributed by atoms with Crippen molar-refractivity contribution >= 4 is 33.2 Å². The fourth-order valence-corrected chi connectivity index (χ4v) is 5.40. The Morgan fingerprint density at radius 3 is 2.26 bits per heavy atom. The van der Waals surface area contributed by atoms with E-state index in [1.807, 2.05) is 12.1 Å². The quantitative estimate of drug-likeness (QED) is 0.380. The summed E-state index contributed by atoms with van der Waals surface area (Å²) in [5.41, 5.74) is 0.151. The number of para-hydroxylation sites is 2. The number of nitro benzene ring substituents is 1. The standard InChI is InChI=1S/C23H25N5O6S/c24-13-6-14-27(19-7-2-1-3-8-19)23(30)12-11-22(29)25-15-17-26(18-16-25)35(33,34)21-10-5-4-9-20(21)28(31)32/h1-5,7-10H,6,11-12,14-18H2. The maximum absolute atomic E-state index is 12.9. The first-order chi connectivity index (χ1) is 16.8. The minimum Gasteiger partial charge on any atom is -0.340 e. The van der Waals surface area contributed by atoms with Crippen LogP contribution in [0.4, 0.5) is 11.4 Å². The molecule has 2 aromatic rings. The minimum atomic E-state index is -4.10. The third-order valence-corrected chi connectivity index (χ3v) is 7.59. The summed E-state index contributed by atoms with van der Waals surface area (Å²) in [6.45, 7) is 0.432. The lowest BCUT2D eigenvalue weighted by molar-refractivity contribution is -0.387. The van der Waals surface area contributed by atoms with Crippen LogP contribution in [0.3, 0.4) is 0 Å². The molecule has 0 N–H and O–H groups in total. The van der Waals surface area contributed by atoms with Gasteiger partial charge in [-0.1, -0.05) is 30.3 Å². The fraction of sp³-hybridized carbons (Fsp3) is 0.348. The Balaban J connectivity index is 1.58. The zero-order chi connectivity index (χ0) is 25.4. The van der Waals surface area contributed by atoms with Gasteiger partial charge in [0.1, 0.15) is 0 Å². The molecule has 2 amide bonds. The monoisotopic (exact) mass is 499 g/mol. The Morgan fingerprint density at radius 1 is 1.00 bits per heavy atom. The number of nitrogens with zero attached hydrogens (tertiary/aromatic N) is 5. The van der Waals surface area contributed by atoms with Gasteiger partial charge in [-0.05, 0) is 18.2 Å². The van der Waals surface area contributed by atoms with Crippen LogP contribution >= 0.6 is 0 Å². The van der Waals surface area contributed by atoms with Gasteiger partial charge in [0.25, 0.3) is 5.69 Å². The molecule has 1 fully saturated rings. The van der Waals surface area contributed by atoms with Gasteiger partial charge in [-0.2, -0.15) is 9.57 Å². The van der Waals surface area contributed by atoms with E-state index in [1.165, 1.54) is 28.0 Å². The first-order valence-electron chi connectivity index (χ1n) is 11.0. The molecular weight excluding hydrogens is 474 g/mol. The minimum absolute atomic E-state index is 0.00756. The number of hydrogen-bond donors (Lipinski definition) is 0. The Morgan fingerprint density at radius 2 is 1.63 bits per heavy atom. The summed E-state index contributed by atoms with van der Waals surface area (Å²) >= 11 is 0. The van der Waals surface area contributed by atoms with Crippen LogP contribution in [0, 0.1) is 21.4 Å². The van der Waals surface area contributed by atoms with Gasteiger partial charge in [-0.25, -0.2) is 8.42 Å². The highest BCUT2D eigenvalue weighted by molar-refractivity contribution is 7.89. The van der Waals surface area contributed by atoms with E-state index in [9.17, 15) is 28.1 Å². The van der Waals surface area contributed by atoms with E-state index in [4.69, 9.17) is 5.26 Å². The zero-order valence-electron chi connectivity index (χ0n) is 18.9. The number of nitro groups is 1. The van der Waals surface area contributed by atoms with Crippen molar-refractivity contribution in [3.05, 3.63) is 64.7 Å². The van der Waals surface area contributed by atoms with Crippen molar-refractivity contribution in [1.29, 1.82) is 5.26 Å². The molecule has 1 heterocycles. The van der Waals surface area contributed by atoms with Crippen LogP contribution in [0.15, 0.2) is 59.5 Å². The number of sulfonamides is 1. The van der Waals surface area contributed by atoms with Crippen LogP contribution in [0.25, 0.3) is 0 Å². The number of amides is 2. The van der Waals surface area contributed by atoms with Crippen molar-refractivity contribution in [2.75, 3.05) is 37.6 Å². The van der Waals surface area contributed by atoms with Gasteiger partial charge in [0.05, 0.1) is 17.4 Å². The molecule has 0 aliphatic carbocycles. The van der Waals surface area contributed by atoms with Crippen LogP contribution in [-0.4, -0.2) is 67.1 Å². The summed E-state index contributed by atoms with van der Waals surface area (Å²) in [6.07, 6.45) is 0.0596. The van der Waals surface area contributed by atoms with E-state index >= 15 is 0 Å². The highest BCUT2D eigenvalue weighted by Gasteiger charge is 2.34. The van der Waals surface area contributed by atoms with Crippen LogP contribution in [0.1, 0.15) is 19.3 Å². The molecule has 2 aromatic carbocycles. The summed E-state index contributed by atoms with van der Waals surface area (Å²) in [5.74, 6) is -0.563. The molecule has 0 unspecified atom stereocenters. The zero-order valence-corrected chi connectivity index (χ0v) is 19.8. The van der Waals surface area contributed by atoms with Crippen molar-refractivity contribution in [3.63, 3.8) is 0 Å². The Hall–Kier alpha value is -3.82. The van der Waals surface area contributed by atoms with Gasteiger partial charge in [0, 0.05) is 57.3 Å². The molecule has 3 rings (SSSR count). The molecule has 12 heteroatoms. The van der Waals surface area contributed by atoms with Crippen molar-refractivity contribution in [2.24, 2.45) is 0 Å². The number of carbonyl (C=O) groups excluding carboxylic acids is 2. The lowest BCUT2D eigenvalue weighted by Gasteiger charge is -2.34. The van der Waals surface area contributed by atoms with Crippen LogP contribution in [0.2, 0.25) is 0 Å². The molecule has 184 valence electrons. The Labute approximate surface area is 203 Å². The third-order valence-electron chi connectivity index (χ3n) is 5.64. The van der Waals surface area contributed by atoms with Gasteiger partial charge in [0.15, 0.2) is 4.90 Å². The number of nitriles is 1. The predicted octanol–water partition coefficient (Wildman–Crippen LogP) is 2.15. The fourth-order valence-electron chi connectivity index (χ4n) is 3.82. The second kappa shape index (κ2) is 11.5. The highest BCUT2D eigenvalue weighted by Crippen LogP contribution is 2.27. The van der Waals surface area contributed by atoms with Gasteiger partial charge in [-0.3, -0.25) is 19.7 Å². The molecular formula is C23H25N5O6S.